The van der Waals surface area contributed by atoms with E-state index >= 15 is 0 Å². The summed E-state index contributed by atoms with van der Waals surface area (Å²) in [6.07, 6.45) is 6.05. The molecule has 0 aliphatic rings. The van der Waals surface area contributed by atoms with Gasteiger partial charge in [0.2, 0.25) is 5.88 Å². The van der Waals surface area contributed by atoms with Gasteiger partial charge in [0.15, 0.2) is 5.69 Å². The third kappa shape index (κ3) is 6.17. The molecule has 10 nitrogen and oxygen atoms in total. The van der Waals surface area contributed by atoms with E-state index < -0.39 is 11.4 Å². The molecule has 1 heterocycles. The number of carbonyl (C=O) groups excluding carboxylic acids is 1. The fraction of sp³-hybridized carbons (Fsp3) is 0.435. The summed E-state index contributed by atoms with van der Waals surface area (Å²) in [7, 11) is 1.69. The molecule has 0 saturated carbocycles. The summed E-state index contributed by atoms with van der Waals surface area (Å²) in [5.74, 6) is 4.71. The first-order valence-electron chi connectivity index (χ1n) is 10.9. The molecule has 1 amide bonds. The molecule has 2 aromatic rings. The van der Waals surface area contributed by atoms with E-state index in [2.05, 4.69) is 17.2 Å². The van der Waals surface area contributed by atoms with E-state index in [4.69, 9.17) is 16.8 Å². The molecule has 10 heteroatoms. The molecule has 1 aromatic carbocycles. The number of nitrogens with two attached hydrogens (primary N) is 2. The standard InChI is InChI=1S/C23H31N7O3/c1-4-5-6-7-8-9-19(25)29(3)21(31)16-10-12-17(13-11-16)27-28-20-15(2)18(14-24)22(32)30(26)23(20)33/h10-13,19,33H,4-9,25-26H2,1-3H3/b28-27+. The molecule has 1 atom stereocenters. The molecular formula is C23H31N7O3. The van der Waals surface area contributed by atoms with E-state index in [1.165, 1.54) is 31.1 Å². The Morgan fingerprint density at radius 1 is 1.21 bits per heavy atom. The van der Waals surface area contributed by atoms with Crippen molar-refractivity contribution in [1.82, 2.24) is 9.58 Å². The van der Waals surface area contributed by atoms with Crippen molar-refractivity contribution in [1.29, 1.82) is 5.26 Å². The molecule has 0 aliphatic heterocycles. The number of azo groups is 1. The van der Waals surface area contributed by atoms with Crippen molar-refractivity contribution < 1.29 is 9.90 Å². The molecule has 5 N–H and O–H groups in total. The van der Waals surface area contributed by atoms with Gasteiger partial charge in [0, 0.05) is 18.2 Å². The SMILES string of the molecule is CCCCCCCC(N)N(C)C(=O)c1ccc(/N=N/c2c(C)c(C#N)c(=O)n(N)c2O)cc1. The maximum Gasteiger partial charge on any atom is 0.290 e. The number of hydrogen-bond donors (Lipinski definition) is 3. The zero-order valence-electron chi connectivity index (χ0n) is 19.3. The van der Waals surface area contributed by atoms with Gasteiger partial charge in [0.05, 0.1) is 11.9 Å². The lowest BCUT2D eigenvalue weighted by molar-refractivity contribution is 0.0726. The van der Waals surface area contributed by atoms with Crippen LogP contribution in [0.25, 0.3) is 0 Å². The molecule has 2 rings (SSSR count). The zero-order chi connectivity index (χ0) is 24.5. The quantitative estimate of drug-likeness (QED) is 0.215. The maximum atomic E-state index is 12.7. The first kappa shape index (κ1) is 25.5. The molecule has 1 unspecified atom stereocenters. The van der Waals surface area contributed by atoms with Gasteiger partial charge in [-0.25, -0.2) is 0 Å². The van der Waals surface area contributed by atoms with Gasteiger partial charge in [-0.05, 0) is 37.6 Å². The predicted octanol–water partition coefficient (Wildman–Crippen LogP) is 3.58. The molecule has 0 spiro atoms. The van der Waals surface area contributed by atoms with E-state index in [0.717, 1.165) is 19.3 Å². The van der Waals surface area contributed by atoms with Crippen LogP contribution in [0, 0.1) is 18.3 Å². The topological polar surface area (TPSA) is 163 Å². The zero-order valence-corrected chi connectivity index (χ0v) is 19.3. The number of unbranched alkanes of at least 4 members (excludes halogenated alkanes) is 4. The maximum absolute atomic E-state index is 12.7. The number of rotatable bonds is 10. The largest absolute Gasteiger partial charge is 0.492 e. The van der Waals surface area contributed by atoms with Crippen molar-refractivity contribution in [2.75, 3.05) is 12.9 Å². The van der Waals surface area contributed by atoms with Gasteiger partial charge in [-0.3, -0.25) is 9.59 Å². The van der Waals surface area contributed by atoms with Crippen LogP contribution in [0.1, 0.15) is 66.9 Å². The number of aromatic nitrogens is 1. The molecule has 176 valence electrons. The number of nitrogens with zero attached hydrogens (tertiary/aromatic N) is 5. The van der Waals surface area contributed by atoms with Crippen LogP contribution in [0.3, 0.4) is 0 Å². The highest BCUT2D eigenvalue weighted by Gasteiger charge is 2.19. The molecule has 0 radical (unpaired) electrons. The Morgan fingerprint density at radius 3 is 2.45 bits per heavy atom. The molecule has 0 saturated heterocycles. The van der Waals surface area contributed by atoms with E-state index in [1.807, 2.05) is 0 Å². The number of nitriles is 1. The van der Waals surface area contributed by atoms with Crippen LogP contribution < -0.4 is 17.1 Å². The Kier molecular flexibility index (Phi) is 9.12. The van der Waals surface area contributed by atoms with Crippen molar-refractivity contribution in [2.45, 2.75) is 58.5 Å². The molecule has 0 bridgehead atoms. The summed E-state index contributed by atoms with van der Waals surface area (Å²) in [6.45, 7) is 3.64. The molecular weight excluding hydrogens is 422 g/mol. The second-order valence-corrected chi connectivity index (χ2v) is 7.89. The van der Waals surface area contributed by atoms with Gasteiger partial charge in [-0.2, -0.15) is 15.1 Å². The number of amides is 1. The number of aromatic hydroxyl groups is 1. The lowest BCUT2D eigenvalue weighted by Gasteiger charge is -2.25. The molecule has 33 heavy (non-hydrogen) atoms. The van der Waals surface area contributed by atoms with E-state index in [9.17, 15) is 14.7 Å². The van der Waals surface area contributed by atoms with Crippen LogP contribution in [-0.2, 0) is 0 Å². The first-order chi connectivity index (χ1) is 15.7. The highest BCUT2D eigenvalue weighted by molar-refractivity contribution is 5.94. The highest BCUT2D eigenvalue weighted by atomic mass is 16.3. The first-order valence-corrected chi connectivity index (χ1v) is 10.9. The second-order valence-electron chi connectivity index (χ2n) is 7.89. The summed E-state index contributed by atoms with van der Waals surface area (Å²) in [4.78, 5) is 26.2. The normalized spacial score (nSPS) is 12.0. The number of carbonyl (C=O) groups is 1. The van der Waals surface area contributed by atoms with E-state index in [0.29, 0.717) is 15.9 Å². The average molecular weight is 454 g/mol. The number of pyridine rings is 1. The van der Waals surface area contributed by atoms with Crippen molar-refractivity contribution >= 4 is 17.3 Å². The van der Waals surface area contributed by atoms with Crippen molar-refractivity contribution in [3.8, 4) is 11.9 Å². The summed E-state index contributed by atoms with van der Waals surface area (Å²) in [5, 5.41) is 27.2. The van der Waals surface area contributed by atoms with Gasteiger partial charge in [0.25, 0.3) is 11.5 Å². The summed E-state index contributed by atoms with van der Waals surface area (Å²) < 4.78 is 0.449. The smallest absolute Gasteiger partial charge is 0.290 e. The Labute approximate surface area is 193 Å². The molecule has 0 aliphatic carbocycles. The van der Waals surface area contributed by atoms with E-state index in [-0.39, 0.29) is 28.9 Å². The number of benzene rings is 1. The molecule has 1 aromatic heterocycles. The van der Waals surface area contributed by atoms with Crippen LogP contribution >= 0.6 is 0 Å². The van der Waals surface area contributed by atoms with Crippen molar-refractivity contribution in [3.63, 3.8) is 0 Å². The average Bonchev–Trinajstić information content (AvgIpc) is 2.82. The summed E-state index contributed by atoms with van der Waals surface area (Å²) in [6, 6.07) is 8.16. The fourth-order valence-corrected chi connectivity index (χ4v) is 3.31. The second kappa shape index (κ2) is 11.8. The Hall–Kier alpha value is -3.71. The molecule has 0 fully saturated rings. The number of hydrogen-bond acceptors (Lipinski definition) is 8. The van der Waals surface area contributed by atoms with Crippen molar-refractivity contribution in [2.24, 2.45) is 16.0 Å². The minimum Gasteiger partial charge on any atom is -0.492 e. The summed E-state index contributed by atoms with van der Waals surface area (Å²) in [5.41, 5.74) is 6.07. The third-order valence-electron chi connectivity index (χ3n) is 5.52. The van der Waals surface area contributed by atoms with E-state index in [1.54, 1.807) is 37.4 Å². The van der Waals surface area contributed by atoms with Crippen LogP contribution in [0.15, 0.2) is 39.3 Å². The van der Waals surface area contributed by atoms with Crippen molar-refractivity contribution in [3.05, 3.63) is 51.3 Å². The van der Waals surface area contributed by atoms with Crippen LogP contribution in [0.4, 0.5) is 11.4 Å². The van der Waals surface area contributed by atoms with Gasteiger partial charge >= 0.3 is 0 Å². The Balaban J connectivity index is 2.09. The van der Waals surface area contributed by atoms with Gasteiger partial charge in [-0.15, -0.1) is 5.11 Å². The monoisotopic (exact) mass is 453 g/mol. The van der Waals surface area contributed by atoms with Crippen LogP contribution in [0.5, 0.6) is 5.88 Å². The fourth-order valence-electron chi connectivity index (χ4n) is 3.31. The van der Waals surface area contributed by atoms with Gasteiger partial charge in [0.1, 0.15) is 11.6 Å². The van der Waals surface area contributed by atoms with Crippen LogP contribution in [-0.4, -0.2) is 33.8 Å². The van der Waals surface area contributed by atoms with Gasteiger partial charge < -0.3 is 21.6 Å². The Bertz CT molecular complexity index is 1100. The third-order valence-corrected chi connectivity index (χ3v) is 5.52. The number of nitrogen functional groups attached to an aromatic ring is 1. The minimum atomic E-state index is -0.822. The lowest BCUT2D eigenvalue weighted by atomic mass is 10.1. The van der Waals surface area contributed by atoms with Crippen LogP contribution in [0.2, 0.25) is 0 Å². The minimum absolute atomic E-state index is 0.0848. The summed E-state index contributed by atoms with van der Waals surface area (Å²) >= 11 is 0. The van der Waals surface area contributed by atoms with Gasteiger partial charge in [-0.1, -0.05) is 39.0 Å². The Morgan fingerprint density at radius 2 is 1.85 bits per heavy atom. The lowest BCUT2D eigenvalue weighted by Crippen LogP contribution is -2.43. The predicted molar refractivity (Wildman–Crippen MR) is 126 cm³/mol. The highest BCUT2D eigenvalue weighted by Crippen LogP contribution is 2.31.